The number of hydrogen-bond donors (Lipinski definition) is 0. The number of carbonyl (C=O) groups excluding carboxylic acids is 2. The Bertz CT molecular complexity index is 204. The van der Waals surface area contributed by atoms with Gasteiger partial charge in [-0.15, -0.1) is 0 Å². The van der Waals surface area contributed by atoms with Crippen LogP contribution in [0.4, 0.5) is 0 Å². The standard InChI is InChI=1S/C9H14O2/c1-6-8(11)7(10)4-5-9(6,2)3/h6H,4-5H2,1-3H3. The Morgan fingerprint density at radius 1 is 1.36 bits per heavy atom. The number of Topliss-reactive ketones (excluding diaryl/α,β-unsaturated/α-hetero) is 2. The van der Waals surface area contributed by atoms with E-state index in [-0.39, 0.29) is 22.9 Å². The highest BCUT2D eigenvalue weighted by atomic mass is 16.2. The van der Waals surface area contributed by atoms with Crippen molar-refractivity contribution in [3.05, 3.63) is 0 Å². The summed E-state index contributed by atoms with van der Waals surface area (Å²) in [6.07, 6.45) is 1.29. The summed E-state index contributed by atoms with van der Waals surface area (Å²) in [5.41, 5.74) is 0.0188. The molecule has 2 heteroatoms. The number of hydrogen-bond acceptors (Lipinski definition) is 2. The molecule has 0 heterocycles. The molecule has 0 aromatic carbocycles. The van der Waals surface area contributed by atoms with E-state index in [1.54, 1.807) is 0 Å². The number of carbonyl (C=O) groups is 2. The fourth-order valence-electron chi connectivity index (χ4n) is 1.37. The van der Waals surface area contributed by atoms with Crippen LogP contribution in [0.3, 0.4) is 0 Å². The SMILES string of the molecule is CC1C(=O)C(=O)CCC1(C)C. The molecule has 0 radical (unpaired) electrons. The fourth-order valence-corrected chi connectivity index (χ4v) is 1.37. The summed E-state index contributed by atoms with van der Waals surface area (Å²) < 4.78 is 0. The number of rotatable bonds is 0. The van der Waals surface area contributed by atoms with Gasteiger partial charge in [0.1, 0.15) is 0 Å². The first-order chi connectivity index (χ1) is 4.95. The molecule has 1 saturated carbocycles. The molecule has 1 fully saturated rings. The van der Waals surface area contributed by atoms with E-state index in [0.29, 0.717) is 6.42 Å². The molecule has 0 bridgehead atoms. The summed E-state index contributed by atoms with van der Waals surface area (Å²) >= 11 is 0. The minimum Gasteiger partial charge on any atom is -0.291 e. The summed E-state index contributed by atoms with van der Waals surface area (Å²) in [4.78, 5) is 22.1. The van der Waals surface area contributed by atoms with E-state index >= 15 is 0 Å². The van der Waals surface area contributed by atoms with E-state index in [2.05, 4.69) is 0 Å². The second kappa shape index (κ2) is 2.43. The molecule has 1 unspecified atom stereocenters. The maximum absolute atomic E-state index is 11.2. The lowest BCUT2D eigenvalue weighted by atomic mass is 9.69. The summed E-state index contributed by atoms with van der Waals surface area (Å²) in [6.45, 7) is 5.93. The van der Waals surface area contributed by atoms with Crippen LogP contribution in [0.15, 0.2) is 0 Å². The van der Waals surface area contributed by atoms with Crippen molar-refractivity contribution >= 4 is 11.6 Å². The molecule has 1 aliphatic rings. The molecule has 0 aromatic rings. The molecular formula is C9H14O2. The molecule has 11 heavy (non-hydrogen) atoms. The Labute approximate surface area is 67.0 Å². The van der Waals surface area contributed by atoms with Gasteiger partial charge in [0.25, 0.3) is 0 Å². The lowest BCUT2D eigenvalue weighted by Gasteiger charge is -2.33. The molecule has 1 aliphatic carbocycles. The molecule has 0 N–H and O–H groups in total. The van der Waals surface area contributed by atoms with Gasteiger partial charge in [0.15, 0.2) is 5.78 Å². The quantitative estimate of drug-likeness (QED) is 0.496. The van der Waals surface area contributed by atoms with Crippen molar-refractivity contribution in [1.29, 1.82) is 0 Å². The Morgan fingerprint density at radius 2 is 1.91 bits per heavy atom. The van der Waals surface area contributed by atoms with Crippen LogP contribution in [0.5, 0.6) is 0 Å². The number of ketones is 2. The van der Waals surface area contributed by atoms with E-state index in [9.17, 15) is 9.59 Å². The van der Waals surface area contributed by atoms with Gasteiger partial charge in [-0.3, -0.25) is 9.59 Å². The van der Waals surface area contributed by atoms with Gasteiger partial charge in [-0.1, -0.05) is 20.8 Å². The average molecular weight is 154 g/mol. The zero-order valence-electron chi connectivity index (χ0n) is 7.31. The predicted molar refractivity (Wildman–Crippen MR) is 42.2 cm³/mol. The minimum atomic E-state index is -0.183. The van der Waals surface area contributed by atoms with Crippen molar-refractivity contribution in [2.45, 2.75) is 33.6 Å². The van der Waals surface area contributed by atoms with Gasteiger partial charge in [-0.2, -0.15) is 0 Å². The van der Waals surface area contributed by atoms with Crippen LogP contribution >= 0.6 is 0 Å². The van der Waals surface area contributed by atoms with Crippen LogP contribution in [0.1, 0.15) is 33.6 Å². The van der Waals surface area contributed by atoms with Crippen molar-refractivity contribution < 1.29 is 9.59 Å². The third-order valence-electron chi connectivity index (χ3n) is 2.84. The molecule has 1 atom stereocenters. The van der Waals surface area contributed by atoms with E-state index in [1.165, 1.54) is 0 Å². The first kappa shape index (κ1) is 8.44. The normalized spacial score (nSPS) is 30.6. The molecule has 2 nitrogen and oxygen atoms in total. The summed E-state index contributed by atoms with van der Waals surface area (Å²) in [6, 6.07) is 0. The Balaban J connectivity index is 2.84. The van der Waals surface area contributed by atoms with E-state index in [4.69, 9.17) is 0 Å². The Hall–Kier alpha value is -0.660. The smallest absolute Gasteiger partial charge is 0.201 e. The molecule has 0 aliphatic heterocycles. The van der Waals surface area contributed by atoms with Crippen LogP contribution in [-0.4, -0.2) is 11.6 Å². The van der Waals surface area contributed by atoms with Gasteiger partial charge in [0, 0.05) is 12.3 Å². The molecule has 0 spiro atoms. The summed E-state index contributed by atoms with van der Waals surface area (Å²) in [5, 5.41) is 0. The molecular weight excluding hydrogens is 140 g/mol. The molecule has 0 amide bonds. The molecule has 62 valence electrons. The Kier molecular flexibility index (Phi) is 1.87. The van der Waals surface area contributed by atoms with Crippen molar-refractivity contribution in [3.8, 4) is 0 Å². The van der Waals surface area contributed by atoms with Gasteiger partial charge in [0.2, 0.25) is 5.78 Å². The second-order valence-electron chi connectivity index (χ2n) is 4.00. The van der Waals surface area contributed by atoms with E-state index in [0.717, 1.165) is 6.42 Å². The first-order valence-electron chi connectivity index (χ1n) is 4.02. The maximum atomic E-state index is 11.2. The topological polar surface area (TPSA) is 34.1 Å². The van der Waals surface area contributed by atoms with Gasteiger partial charge in [-0.05, 0) is 11.8 Å². The lowest BCUT2D eigenvalue weighted by molar-refractivity contribution is -0.144. The largest absolute Gasteiger partial charge is 0.291 e. The summed E-state index contributed by atoms with van der Waals surface area (Å²) in [5.74, 6) is -0.457. The van der Waals surface area contributed by atoms with Crippen LogP contribution < -0.4 is 0 Å². The Morgan fingerprint density at radius 3 is 2.36 bits per heavy atom. The summed E-state index contributed by atoms with van der Waals surface area (Å²) in [7, 11) is 0. The molecule has 0 aromatic heterocycles. The first-order valence-corrected chi connectivity index (χ1v) is 4.02. The van der Waals surface area contributed by atoms with Crippen molar-refractivity contribution in [3.63, 3.8) is 0 Å². The van der Waals surface area contributed by atoms with E-state index < -0.39 is 0 Å². The fraction of sp³-hybridized carbons (Fsp3) is 0.778. The molecule has 1 rings (SSSR count). The van der Waals surface area contributed by atoms with Gasteiger partial charge in [0.05, 0.1) is 0 Å². The van der Waals surface area contributed by atoms with Gasteiger partial charge in [-0.25, -0.2) is 0 Å². The lowest BCUT2D eigenvalue weighted by Crippen LogP contribution is -2.38. The van der Waals surface area contributed by atoms with Crippen LogP contribution in [0.25, 0.3) is 0 Å². The van der Waals surface area contributed by atoms with Gasteiger partial charge < -0.3 is 0 Å². The monoisotopic (exact) mass is 154 g/mol. The highest BCUT2D eigenvalue weighted by Gasteiger charge is 2.39. The van der Waals surface area contributed by atoms with E-state index in [1.807, 2.05) is 20.8 Å². The third kappa shape index (κ3) is 1.35. The van der Waals surface area contributed by atoms with Crippen LogP contribution in [0.2, 0.25) is 0 Å². The van der Waals surface area contributed by atoms with Crippen molar-refractivity contribution in [2.24, 2.45) is 11.3 Å². The minimum absolute atomic E-state index is 0.0188. The zero-order chi connectivity index (χ0) is 8.65. The highest BCUT2D eigenvalue weighted by molar-refractivity contribution is 6.38. The second-order valence-corrected chi connectivity index (χ2v) is 4.00. The average Bonchev–Trinajstić information content (AvgIpc) is 1.95. The predicted octanol–water partition coefficient (Wildman–Crippen LogP) is 1.58. The third-order valence-corrected chi connectivity index (χ3v) is 2.84. The van der Waals surface area contributed by atoms with Gasteiger partial charge >= 0.3 is 0 Å². The highest BCUT2D eigenvalue weighted by Crippen LogP contribution is 2.36. The van der Waals surface area contributed by atoms with Crippen LogP contribution in [-0.2, 0) is 9.59 Å². The maximum Gasteiger partial charge on any atom is 0.201 e. The van der Waals surface area contributed by atoms with Crippen molar-refractivity contribution in [1.82, 2.24) is 0 Å². The van der Waals surface area contributed by atoms with Crippen LogP contribution in [0, 0.1) is 11.3 Å². The zero-order valence-corrected chi connectivity index (χ0v) is 7.31. The molecule has 0 saturated heterocycles. The van der Waals surface area contributed by atoms with Crippen molar-refractivity contribution in [2.75, 3.05) is 0 Å².